The second-order valence-electron chi connectivity index (χ2n) is 17.3. The van der Waals surface area contributed by atoms with Crippen LogP contribution in [-0.2, 0) is 16.2 Å². The minimum absolute atomic E-state index is 0.0178. The third-order valence-corrected chi connectivity index (χ3v) is 11.0. The maximum Gasteiger partial charge on any atom is 0.139 e. The standard InChI is InChI=1S/C42H50B5N/c1-40(2,3)24-20-25(41(4,5)6)22-26(21-24)48-29-17-13-16-27(23-14-11-10-12-15-23)31(29)33-30(48)19-18-28(34(33)42(7,8)9)32-35(43)37(45)39(47)38(46)36(32)44/h10-22H,43-47H2,1-9H3. The Balaban J connectivity index is 1.88. The highest BCUT2D eigenvalue weighted by atomic mass is 15.0. The van der Waals surface area contributed by atoms with E-state index < -0.39 is 0 Å². The fourth-order valence-electron chi connectivity index (χ4n) is 7.78. The Labute approximate surface area is 294 Å². The van der Waals surface area contributed by atoms with Gasteiger partial charge in [0.2, 0.25) is 0 Å². The van der Waals surface area contributed by atoms with Crippen LogP contribution in [0.25, 0.3) is 49.7 Å². The number of hydrogen-bond donors (Lipinski definition) is 0. The molecule has 0 bridgehead atoms. The van der Waals surface area contributed by atoms with Crippen molar-refractivity contribution in [2.75, 3.05) is 0 Å². The number of benzene rings is 5. The van der Waals surface area contributed by atoms with Crippen molar-refractivity contribution in [1.82, 2.24) is 4.57 Å². The lowest BCUT2D eigenvalue weighted by Crippen LogP contribution is -2.55. The van der Waals surface area contributed by atoms with Gasteiger partial charge in [0.15, 0.2) is 0 Å². The largest absolute Gasteiger partial charge is 0.309 e. The first-order valence-corrected chi connectivity index (χ1v) is 17.7. The van der Waals surface area contributed by atoms with E-state index >= 15 is 0 Å². The Hall–Kier alpha value is -3.78. The molecule has 0 saturated heterocycles. The maximum absolute atomic E-state index is 2.56. The Bertz CT molecular complexity index is 2160. The number of rotatable bonds is 3. The molecule has 0 radical (unpaired) electrons. The Kier molecular flexibility index (Phi) is 8.30. The van der Waals surface area contributed by atoms with E-state index in [1.807, 2.05) is 0 Å². The van der Waals surface area contributed by atoms with Gasteiger partial charge < -0.3 is 4.57 Å². The average Bonchev–Trinajstić information content (AvgIpc) is 3.36. The number of nitrogens with zero attached hydrogens (tertiary/aromatic N) is 1. The molecule has 48 heavy (non-hydrogen) atoms. The van der Waals surface area contributed by atoms with Crippen LogP contribution in [-0.4, -0.2) is 43.8 Å². The van der Waals surface area contributed by atoms with Crippen molar-refractivity contribution >= 4 is 88.4 Å². The normalized spacial score (nSPS) is 12.7. The summed E-state index contributed by atoms with van der Waals surface area (Å²) in [4.78, 5) is 0. The molecule has 0 fully saturated rings. The molecule has 0 unspecified atom stereocenters. The summed E-state index contributed by atoms with van der Waals surface area (Å²) in [5, 5.41) is 2.70. The molecule has 6 heteroatoms. The molecule has 0 aliphatic heterocycles. The lowest BCUT2D eigenvalue weighted by Gasteiger charge is -2.29. The molecule has 1 nitrogen and oxygen atoms in total. The van der Waals surface area contributed by atoms with Crippen LogP contribution in [0.4, 0.5) is 0 Å². The van der Waals surface area contributed by atoms with Crippen LogP contribution in [0.3, 0.4) is 0 Å². The fraction of sp³-hybridized carbons (Fsp3) is 0.286. The van der Waals surface area contributed by atoms with Gasteiger partial charge in [0.05, 0.1) is 11.0 Å². The van der Waals surface area contributed by atoms with E-state index in [0.29, 0.717) is 0 Å². The summed E-state index contributed by atoms with van der Waals surface area (Å²) in [7, 11) is 11.5. The lowest BCUT2D eigenvalue weighted by atomic mass is 9.59. The van der Waals surface area contributed by atoms with Crippen molar-refractivity contribution in [3.63, 3.8) is 0 Å². The molecule has 0 aliphatic carbocycles. The highest BCUT2D eigenvalue weighted by Gasteiger charge is 2.30. The lowest BCUT2D eigenvalue weighted by molar-refractivity contribution is 0.568. The van der Waals surface area contributed by atoms with Crippen LogP contribution < -0.4 is 27.3 Å². The van der Waals surface area contributed by atoms with E-state index in [0.717, 1.165) is 0 Å². The van der Waals surface area contributed by atoms with Gasteiger partial charge in [-0.05, 0) is 79.5 Å². The first-order chi connectivity index (χ1) is 22.3. The van der Waals surface area contributed by atoms with Crippen LogP contribution in [0, 0.1) is 0 Å². The van der Waals surface area contributed by atoms with E-state index in [1.54, 1.807) is 0 Å². The molecule has 0 aliphatic rings. The molecule has 1 heterocycles. The zero-order valence-corrected chi connectivity index (χ0v) is 32.0. The molecule has 0 amide bonds. The smallest absolute Gasteiger partial charge is 0.139 e. The Morgan fingerprint density at radius 1 is 0.458 bits per heavy atom. The third-order valence-electron chi connectivity index (χ3n) is 11.0. The molecule has 1 aromatic heterocycles. The van der Waals surface area contributed by atoms with Crippen molar-refractivity contribution in [3.8, 4) is 27.9 Å². The first kappa shape index (κ1) is 34.1. The number of fused-ring (bicyclic) bond motifs is 3. The van der Waals surface area contributed by atoms with Crippen molar-refractivity contribution in [3.05, 3.63) is 95.6 Å². The predicted octanol–water partition coefficient (Wildman–Crippen LogP) is 3.30. The minimum Gasteiger partial charge on any atom is -0.309 e. The average molecular weight is 623 g/mol. The van der Waals surface area contributed by atoms with E-state index in [4.69, 9.17) is 0 Å². The van der Waals surface area contributed by atoms with Crippen molar-refractivity contribution in [1.29, 1.82) is 0 Å². The van der Waals surface area contributed by atoms with E-state index in [1.165, 1.54) is 93.8 Å². The van der Waals surface area contributed by atoms with Crippen molar-refractivity contribution in [2.24, 2.45) is 0 Å². The number of aromatic nitrogens is 1. The number of hydrogen-bond acceptors (Lipinski definition) is 0. The second-order valence-corrected chi connectivity index (χ2v) is 17.3. The molecule has 238 valence electrons. The van der Waals surface area contributed by atoms with E-state index in [-0.39, 0.29) is 16.2 Å². The highest BCUT2D eigenvalue weighted by Crippen LogP contribution is 2.46. The highest BCUT2D eigenvalue weighted by molar-refractivity contribution is 6.68. The molecule has 0 saturated carbocycles. The summed E-state index contributed by atoms with van der Waals surface area (Å²) >= 11 is 0. The van der Waals surface area contributed by atoms with Gasteiger partial charge in [0, 0.05) is 16.5 Å². The summed E-state index contributed by atoms with van der Waals surface area (Å²) in [5.41, 5.74) is 20.1. The maximum atomic E-state index is 2.56. The van der Waals surface area contributed by atoms with Crippen LogP contribution in [0.2, 0.25) is 0 Å². The molecule has 5 aromatic carbocycles. The summed E-state index contributed by atoms with van der Waals surface area (Å²) in [6.45, 7) is 21.2. The van der Waals surface area contributed by atoms with Gasteiger partial charge >= 0.3 is 0 Å². The third kappa shape index (κ3) is 5.60. The molecular formula is C42H50B5N. The van der Waals surface area contributed by atoms with Gasteiger partial charge in [-0.3, -0.25) is 0 Å². The van der Waals surface area contributed by atoms with Gasteiger partial charge in [-0.15, -0.1) is 16.4 Å². The topological polar surface area (TPSA) is 4.93 Å². The molecule has 0 N–H and O–H groups in total. The summed E-state index contributed by atoms with van der Waals surface area (Å²) in [5.74, 6) is 0. The molecule has 0 spiro atoms. The second kappa shape index (κ2) is 11.7. The Morgan fingerprint density at radius 3 is 1.50 bits per heavy atom. The molecule has 0 atom stereocenters. The summed E-state index contributed by atoms with van der Waals surface area (Å²) in [6.07, 6.45) is 0. The zero-order valence-electron chi connectivity index (χ0n) is 32.0. The van der Waals surface area contributed by atoms with Gasteiger partial charge in [0.25, 0.3) is 0 Å². The Morgan fingerprint density at radius 2 is 0.979 bits per heavy atom. The predicted molar refractivity (Wildman–Crippen MR) is 229 cm³/mol. The van der Waals surface area contributed by atoms with Crippen LogP contribution in [0.5, 0.6) is 0 Å². The van der Waals surface area contributed by atoms with Gasteiger partial charge in [0.1, 0.15) is 39.2 Å². The summed E-state index contributed by atoms with van der Waals surface area (Å²) < 4.78 is 2.56. The monoisotopic (exact) mass is 623 g/mol. The van der Waals surface area contributed by atoms with E-state index in [2.05, 4.69) is 185 Å². The van der Waals surface area contributed by atoms with Gasteiger partial charge in [-0.25, -0.2) is 0 Å². The SMILES string of the molecule is Bc1c(B)c(B)c(-c2ccc3c(c2C(C)(C)C)c2c(-c4ccccc4)cccc2n3-c2cc(C(C)(C)C)cc(C(C)(C)C)c2)c(B)c1B. The molecule has 6 aromatic rings. The van der Waals surface area contributed by atoms with Crippen LogP contribution in [0.15, 0.2) is 78.9 Å². The first-order valence-electron chi connectivity index (χ1n) is 17.7. The quantitative estimate of drug-likeness (QED) is 0.267. The van der Waals surface area contributed by atoms with Crippen LogP contribution >= 0.6 is 0 Å². The minimum atomic E-state index is -0.118. The molecular weight excluding hydrogens is 573 g/mol. The molecule has 6 rings (SSSR count). The fourth-order valence-corrected chi connectivity index (χ4v) is 7.78. The van der Waals surface area contributed by atoms with E-state index in [9.17, 15) is 0 Å². The van der Waals surface area contributed by atoms with Crippen molar-refractivity contribution in [2.45, 2.75) is 78.6 Å². The van der Waals surface area contributed by atoms with Crippen molar-refractivity contribution < 1.29 is 0 Å². The van der Waals surface area contributed by atoms with Crippen LogP contribution in [0.1, 0.15) is 79.0 Å². The van der Waals surface area contributed by atoms with Gasteiger partial charge in [-0.1, -0.05) is 128 Å². The zero-order chi connectivity index (χ0) is 35.1. The summed E-state index contributed by atoms with van der Waals surface area (Å²) in [6, 6.07) is 30.0. The van der Waals surface area contributed by atoms with Gasteiger partial charge in [-0.2, -0.15) is 0 Å².